The molecule has 0 aromatic carbocycles. The minimum Gasteiger partial charge on any atom is -0.390 e. The summed E-state index contributed by atoms with van der Waals surface area (Å²) < 4.78 is 5.47. The zero-order chi connectivity index (χ0) is 8.93. The Kier molecular flexibility index (Phi) is 1.61. The molecule has 1 N–H and O–H groups in total. The van der Waals surface area contributed by atoms with Crippen LogP contribution in [0.5, 0.6) is 0 Å². The van der Waals surface area contributed by atoms with Crippen LogP contribution in [-0.2, 0) is 4.74 Å². The van der Waals surface area contributed by atoms with Gasteiger partial charge in [0.2, 0.25) is 0 Å². The monoisotopic (exact) mass is 168 g/mol. The van der Waals surface area contributed by atoms with Crippen molar-refractivity contribution in [3.05, 3.63) is 12.2 Å². The Labute approximate surface area is 73.2 Å². The van der Waals surface area contributed by atoms with Gasteiger partial charge in [0.1, 0.15) is 5.60 Å². The second kappa shape index (κ2) is 2.33. The molecule has 1 aliphatic heterocycles. The minimum atomic E-state index is -0.294. The predicted molar refractivity (Wildman–Crippen MR) is 46.8 cm³/mol. The van der Waals surface area contributed by atoms with Gasteiger partial charge in [-0.1, -0.05) is 12.2 Å². The van der Waals surface area contributed by atoms with Crippen molar-refractivity contribution in [2.24, 2.45) is 5.92 Å². The summed E-state index contributed by atoms with van der Waals surface area (Å²) in [5.41, 5.74) is 0.956. The Bertz CT molecular complexity index is 224. The molecule has 1 saturated heterocycles. The molecule has 2 heteroatoms. The SMILES string of the molecule is C=C(C)[C@@H]1CC(O)[C@]2(C)OC2C1. The molecule has 0 aromatic rings. The third kappa shape index (κ3) is 1.02. The first-order valence-electron chi connectivity index (χ1n) is 4.55. The third-order valence-corrected chi connectivity index (χ3v) is 3.34. The fourth-order valence-corrected chi connectivity index (χ4v) is 2.11. The van der Waals surface area contributed by atoms with Crippen molar-refractivity contribution in [3.8, 4) is 0 Å². The number of rotatable bonds is 1. The van der Waals surface area contributed by atoms with Crippen molar-refractivity contribution in [2.75, 3.05) is 0 Å². The normalized spacial score (nSPS) is 51.4. The van der Waals surface area contributed by atoms with Gasteiger partial charge in [-0.05, 0) is 32.6 Å². The maximum absolute atomic E-state index is 9.73. The highest BCUT2D eigenvalue weighted by Crippen LogP contribution is 2.50. The number of fused-ring (bicyclic) bond motifs is 1. The van der Waals surface area contributed by atoms with Crippen molar-refractivity contribution in [1.29, 1.82) is 0 Å². The Hall–Kier alpha value is -0.340. The van der Waals surface area contributed by atoms with E-state index in [1.54, 1.807) is 0 Å². The van der Waals surface area contributed by atoms with Crippen molar-refractivity contribution in [2.45, 2.75) is 44.5 Å². The lowest BCUT2D eigenvalue weighted by Crippen LogP contribution is -2.36. The van der Waals surface area contributed by atoms with Gasteiger partial charge < -0.3 is 9.84 Å². The highest BCUT2D eigenvalue weighted by Gasteiger charge is 2.60. The van der Waals surface area contributed by atoms with Gasteiger partial charge in [0.05, 0.1) is 12.2 Å². The second-order valence-electron chi connectivity index (χ2n) is 4.32. The van der Waals surface area contributed by atoms with Crippen molar-refractivity contribution >= 4 is 0 Å². The number of aliphatic hydroxyl groups is 1. The van der Waals surface area contributed by atoms with Gasteiger partial charge in [0.25, 0.3) is 0 Å². The second-order valence-corrected chi connectivity index (χ2v) is 4.32. The molecule has 2 unspecified atom stereocenters. The first kappa shape index (κ1) is 8.27. The van der Waals surface area contributed by atoms with Gasteiger partial charge in [0.15, 0.2) is 0 Å². The summed E-state index contributed by atoms with van der Waals surface area (Å²) in [6, 6.07) is 0. The van der Waals surface area contributed by atoms with Crippen LogP contribution in [0.25, 0.3) is 0 Å². The third-order valence-electron chi connectivity index (χ3n) is 3.34. The molecule has 1 heterocycles. The highest BCUT2D eigenvalue weighted by atomic mass is 16.6. The van der Waals surface area contributed by atoms with Crippen LogP contribution >= 0.6 is 0 Å². The van der Waals surface area contributed by atoms with Crippen molar-refractivity contribution in [3.63, 3.8) is 0 Å². The highest BCUT2D eigenvalue weighted by molar-refractivity contribution is 5.14. The van der Waals surface area contributed by atoms with E-state index in [0.717, 1.165) is 12.8 Å². The molecule has 0 radical (unpaired) electrons. The van der Waals surface area contributed by atoms with Crippen LogP contribution in [0, 0.1) is 5.92 Å². The summed E-state index contributed by atoms with van der Waals surface area (Å²) in [6.45, 7) is 7.95. The van der Waals surface area contributed by atoms with Crippen LogP contribution in [0.1, 0.15) is 26.7 Å². The number of hydrogen-bond donors (Lipinski definition) is 1. The van der Waals surface area contributed by atoms with Crippen LogP contribution in [-0.4, -0.2) is 22.9 Å². The lowest BCUT2D eigenvalue weighted by molar-refractivity contribution is 0.0641. The zero-order valence-corrected chi connectivity index (χ0v) is 7.71. The maximum Gasteiger partial charge on any atom is 0.118 e. The summed E-state index contributed by atoms with van der Waals surface area (Å²) in [5.74, 6) is 0.459. The Morgan fingerprint density at radius 1 is 1.58 bits per heavy atom. The fourth-order valence-electron chi connectivity index (χ4n) is 2.11. The number of epoxide rings is 1. The number of ether oxygens (including phenoxy) is 1. The van der Waals surface area contributed by atoms with Gasteiger partial charge in [-0.15, -0.1) is 0 Å². The van der Waals surface area contributed by atoms with Gasteiger partial charge in [-0.3, -0.25) is 0 Å². The van der Waals surface area contributed by atoms with E-state index in [1.165, 1.54) is 5.57 Å². The molecule has 2 fully saturated rings. The predicted octanol–water partition coefficient (Wildman–Crippen LogP) is 1.49. The van der Waals surface area contributed by atoms with Crippen molar-refractivity contribution in [1.82, 2.24) is 0 Å². The van der Waals surface area contributed by atoms with Crippen LogP contribution in [0.2, 0.25) is 0 Å². The van der Waals surface area contributed by atoms with Crippen LogP contribution < -0.4 is 0 Å². The first-order valence-corrected chi connectivity index (χ1v) is 4.55. The molecule has 0 amide bonds. The van der Waals surface area contributed by atoms with Gasteiger partial charge in [0, 0.05) is 0 Å². The van der Waals surface area contributed by atoms with Crippen LogP contribution in [0.15, 0.2) is 12.2 Å². The van der Waals surface area contributed by atoms with E-state index < -0.39 is 0 Å². The largest absolute Gasteiger partial charge is 0.390 e. The Morgan fingerprint density at radius 2 is 2.25 bits per heavy atom. The molecule has 0 aromatic heterocycles. The average molecular weight is 168 g/mol. The molecule has 68 valence electrons. The lowest BCUT2D eigenvalue weighted by atomic mass is 9.78. The Morgan fingerprint density at radius 3 is 2.75 bits per heavy atom. The number of hydrogen-bond acceptors (Lipinski definition) is 2. The Balaban J connectivity index is 2.06. The molecule has 1 aliphatic carbocycles. The van der Waals surface area contributed by atoms with E-state index in [0.29, 0.717) is 5.92 Å². The quantitative estimate of drug-likeness (QED) is 0.475. The van der Waals surface area contributed by atoms with Crippen molar-refractivity contribution < 1.29 is 9.84 Å². The molecule has 0 bridgehead atoms. The number of aliphatic hydroxyl groups excluding tert-OH is 1. The summed E-state index contributed by atoms with van der Waals surface area (Å²) in [7, 11) is 0. The molecule has 2 nitrogen and oxygen atoms in total. The molecule has 0 spiro atoms. The molecular formula is C10H16O2. The van der Waals surface area contributed by atoms with E-state index in [-0.39, 0.29) is 17.8 Å². The number of allylic oxidation sites excluding steroid dienone is 1. The standard InChI is InChI=1S/C10H16O2/c1-6(2)7-4-8(11)10(3)9(5-7)12-10/h7-9,11H,1,4-5H2,2-3H3/t7-,8?,9?,10+/m1/s1. The summed E-state index contributed by atoms with van der Waals surface area (Å²) in [5, 5.41) is 9.73. The summed E-state index contributed by atoms with van der Waals surface area (Å²) in [4.78, 5) is 0. The van der Waals surface area contributed by atoms with E-state index in [4.69, 9.17) is 4.74 Å². The van der Waals surface area contributed by atoms with Gasteiger partial charge in [-0.2, -0.15) is 0 Å². The van der Waals surface area contributed by atoms with Gasteiger partial charge in [-0.25, -0.2) is 0 Å². The minimum absolute atomic E-state index is 0.216. The van der Waals surface area contributed by atoms with Crippen LogP contribution in [0.4, 0.5) is 0 Å². The molecule has 1 saturated carbocycles. The molecule has 12 heavy (non-hydrogen) atoms. The van der Waals surface area contributed by atoms with Crippen LogP contribution in [0.3, 0.4) is 0 Å². The van der Waals surface area contributed by atoms with E-state index >= 15 is 0 Å². The lowest BCUT2D eigenvalue weighted by Gasteiger charge is -2.27. The molecule has 2 rings (SSSR count). The first-order chi connectivity index (χ1) is 5.54. The summed E-state index contributed by atoms with van der Waals surface area (Å²) >= 11 is 0. The van der Waals surface area contributed by atoms with Gasteiger partial charge >= 0.3 is 0 Å². The van der Waals surface area contributed by atoms with E-state index in [2.05, 4.69) is 6.58 Å². The topological polar surface area (TPSA) is 32.8 Å². The smallest absolute Gasteiger partial charge is 0.118 e. The molecular weight excluding hydrogens is 152 g/mol. The maximum atomic E-state index is 9.73. The van der Waals surface area contributed by atoms with E-state index in [1.807, 2.05) is 13.8 Å². The molecule has 2 aliphatic rings. The average Bonchev–Trinajstić information content (AvgIpc) is 2.62. The fraction of sp³-hybridized carbons (Fsp3) is 0.800. The van der Waals surface area contributed by atoms with E-state index in [9.17, 15) is 5.11 Å². The molecule has 4 atom stereocenters. The zero-order valence-electron chi connectivity index (χ0n) is 7.71. The summed E-state index contributed by atoms with van der Waals surface area (Å²) in [6.07, 6.45) is 1.85.